The third kappa shape index (κ3) is 3.77. The smallest absolute Gasteiger partial charge is 0.251 e. The monoisotopic (exact) mass is 538 g/mol. The maximum Gasteiger partial charge on any atom is 0.251 e. The predicted molar refractivity (Wildman–Crippen MR) is 148 cm³/mol. The summed E-state index contributed by atoms with van der Waals surface area (Å²) in [7, 11) is 0. The van der Waals surface area contributed by atoms with Crippen LogP contribution in [0, 0.1) is 67.5 Å². The Hall–Kier alpha value is -2.03. The number of Topliss-reactive ketones (excluding diaryl/α,β-unsaturated/α-hetero) is 2. The van der Waals surface area contributed by atoms with Gasteiger partial charge in [-0.3, -0.25) is 14.4 Å². The molecule has 4 saturated carbocycles. The first-order chi connectivity index (χ1) is 18.0. The van der Waals surface area contributed by atoms with Crippen LogP contribution in [0.2, 0.25) is 0 Å². The Morgan fingerprint density at radius 2 is 1.67 bits per heavy atom. The van der Waals surface area contributed by atoms with Crippen LogP contribution in [0.3, 0.4) is 0 Å². The van der Waals surface area contributed by atoms with E-state index in [2.05, 4.69) is 46.0 Å². The van der Waals surface area contributed by atoms with Gasteiger partial charge in [-0.25, -0.2) is 4.39 Å². The molecule has 214 valence electrons. The van der Waals surface area contributed by atoms with Crippen LogP contribution < -0.4 is 5.32 Å². The minimum atomic E-state index is -1.01. The lowest BCUT2D eigenvalue weighted by Crippen LogP contribution is -2.69. The second-order valence-electron chi connectivity index (χ2n) is 16.0. The summed E-state index contributed by atoms with van der Waals surface area (Å²) in [6.45, 7) is 15.0. The second-order valence-corrected chi connectivity index (χ2v) is 16.0. The van der Waals surface area contributed by atoms with E-state index >= 15 is 0 Å². The number of nitriles is 1. The number of hydrogen-bond donors (Lipinski definition) is 1. The molecule has 0 saturated heterocycles. The largest absolute Gasteiger partial charge is 0.353 e. The van der Waals surface area contributed by atoms with Crippen molar-refractivity contribution in [1.29, 1.82) is 5.26 Å². The molecule has 39 heavy (non-hydrogen) atoms. The highest BCUT2D eigenvalue weighted by molar-refractivity contribution is 6.04. The molecule has 0 heterocycles. The standard InChI is InChI=1S/C33H47FN2O3/c1-28(2)10-12-33(19-36-25(38)17-34)13-11-32(7)26(21(33)16-28)22(37)14-24-30(5)15-20(18-35)27(39)29(3,4)23(30)8-9-31(24,32)6/h15,21,23-24,26H,8-14,16-17,19H2,1-7H3,(H,36,38)/t21?,23-,24+,26?,30-,31+,32+,33+/m0/s1. The molecule has 0 aromatic heterocycles. The average Bonchev–Trinajstić information content (AvgIpc) is 2.86. The Balaban J connectivity index is 1.59. The lowest BCUT2D eigenvalue weighted by Gasteiger charge is -2.72. The molecule has 0 bridgehead atoms. The fourth-order valence-corrected chi connectivity index (χ4v) is 11.0. The van der Waals surface area contributed by atoms with E-state index in [0.29, 0.717) is 18.7 Å². The van der Waals surface area contributed by atoms with Crippen molar-refractivity contribution in [2.45, 2.75) is 99.8 Å². The summed E-state index contributed by atoms with van der Waals surface area (Å²) in [6.07, 6.45) is 9.03. The fourth-order valence-electron chi connectivity index (χ4n) is 11.0. The van der Waals surface area contributed by atoms with Gasteiger partial charge in [-0.2, -0.15) is 5.26 Å². The molecule has 2 unspecified atom stereocenters. The number of fused-ring (bicyclic) bond motifs is 7. The van der Waals surface area contributed by atoms with Gasteiger partial charge >= 0.3 is 0 Å². The Kier molecular flexibility index (Phi) is 6.38. The van der Waals surface area contributed by atoms with E-state index in [1.165, 1.54) is 0 Å². The Morgan fingerprint density at radius 3 is 2.31 bits per heavy atom. The molecule has 0 aliphatic heterocycles. The zero-order valence-corrected chi connectivity index (χ0v) is 25.0. The summed E-state index contributed by atoms with van der Waals surface area (Å²) in [5, 5.41) is 12.8. The molecule has 1 amide bonds. The number of nitrogens with one attached hydrogen (secondary N) is 1. The van der Waals surface area contributed by atoms with E-state index in [9.17, 15) is 24.0 Å². The van der Waals surface area contributed by atoms with Crippen molar-refractivity contribution < 1.29 is 18.8 Å². The number of rotatable bonds is 3. The number of carbonyl (C=O) groups excluding carboxylic acids is 3. The minimum Gasteiger partial charge on any atom is -0.353 e. The molecule has 0 spiro atoms. The van der Waals surface area contributed by atoms with Crippen LogP contribution >= 0.6 is 0 Å². The summed E-state index contributed by atoms with van der Waals surface area (Å²) >= 11 is 0. The number of allylic oxidation sites excluding steroid dienone is 2. The normalized spacial score (nSPS) is 46.0. The number of alkyl halides is 1. The van der Waals surface area contributed by atoms with E-state index in [1.807, 2.05) is 19.9 Å². The van der Waals surface area contributed by atoms with Crippen molar-refractivity contribution in [2.75, 3.05) is 13.2 Å². The van der Waals surface area contributed by atoms with Gasteiger partial charge in [-0.15, -0.1) is 0 Å². The van der Waals surface area contributed by atoms with Gasteiger partial charge in [0.1, 0.15) is 11.9 Å². The van der Waals surface area contributed by atoms with Crippen LogP contribution in [-0.4, -0.2) is 30.7 Å². The minimum absolute atomic E-state index is 0.0589. The summed E-state index contributed by atoms with van der Waals surface area (Å²) in [4.78, 5) is 39.8. The number of ketones is 2. The van der Waals surface area contributed by atoms with Gasteiger partial charge in [0.2, 0.25) is 0 Å². The SMILES string of the molecule is CC1(C)CC[C@]2(CNC(=O)CF)CC[C@]3(C)C(C(=O)C[C@@H]4[C@@]5(C)C=C(C#N)C(=O)C(C)(C)[C@@H]5CC[C@]43C)C2C1. The molecule has 6 heteroatoms. The maximum atomic E-state index is 14.5. The van der Waals surface area contributed by atoms with Gasteiger partial charge < -0.3 is 5.32 Å². The number of hydrogen-bond acceptors (Lipinski definition) is 4. The molecule has 0 aromatic carbocycles. The quantitative estimate of drug-likeness (QED) is 0.452. The molecule has 1 N–H and O–H groups in total. The molecular weight excluding hydrogens is 491 g/mol. The van der Waals surface area contributed by atoms with E-state index < -0.39 is 23.4 Å². The molecule has 0 radical (unpaired) electrons. The molecule has 5 aliphatic carbocycles. The van der Waals surface area contributed by atoms with E-state index in [1.54, 1.807) is 0 Å². The van der Waals surface area contributed by atoms with E-state index in [-0.39, 0.29) is 56.7 Å². The van der Waals surface area contributed by atoms with Crippen LogP contribution in [0.25, 0.3) is 0 Å². The highest BCUT2D eigenvalue weighted by Crippen LogP contribution is 2.75. The lowest BCUT2D eigenvalue weighted by atomic mass is 9.31. The summed E-state index contributed by atoms with van der Waals surface area (Å²) < 4.78 is 13.1. The number of halogens is 1. The highest BCUT2D eigenvalue weighted by atomic mass is 19.1. The molecule has 8 atom stereocenters. The van der Waals surface area contributed by atoms with Gasteiger partial charge in [0.15, 0.2) is 12.5 Å². The molecule has 0 aromatic rings. The molecule has 5 nitrogen and oxygen atoms in total. The van der Waals surface area contributed by atoms with Crippen molar-refractivity contribution in [3.05, 3.63) is 11.6 Å². The predicted octanol–water partition coefficient (Wildman–Crippen LogP) is 6.37. The first-order valence-corrected chi connectivity index (χ1v) is 15.0. The van der Waals surface area contributed by atoms with Gasteiger partial charge in [0.25, 0.3) is 5.91 Å². The fraction of sp³-hybridized carbons (Fsp3) is 0.818. The molecule has 4 fully saturated rings. The maximum absolute atomic E-state index is 14.5. The zero-order valence-electron chi connectivity index (χ0n) is 25.0. The van der Waals surface area contributed by atoms with Crippen LogP contribution in [0.4, 0.5) is 4.39 Å². The van der Waals surface area contributed by atoms with Gasteiger partial charge in [-0.1, -0.05) is 54.5 Å². The topological polar surface area (TPSA) is 87.0 Å². The zero-order chi connectivity index (χ0) is 28.8. The van der Waals surface area contributed by atoms with Crippen molar-refractivity contribution in [2.24, 2.45) is 56.2 Å². The van der Waals surface area contributed by atoms with Gasteiger partial charge in [-0.05, 0) is 89.8 Å². The Morgan fingerprint density at radius 1 is 1.00 bits per heavy atom. The van der Waals surface area contributed by atoms with Crippen molar-refractivity contribution in [3.8, 4) is 6.07 Å². The summed E-state index contributed by atoms with van der Waals surface area (Å²) in [5.74, 6) is -0.130. The van der Waals surface area contributed by atoms with Crippen molar-refractivity contribution in [3.63, 3.8) is 0 Å². The first kappa shape index (κ1) is 28.5. The highest BCUT2D eigenvalue weighted by Gasteiger charge is 2.72. The number of nitrogens with zero attached hydrogens (tertiary/aromatic N) is 1. The van der Waals surface area contributed by atoms with Gasteiger partial charge in [0, 0.05) is 24.3 Å². The van der Waals surface area contributed by atoms with Crippen LogP contribution in [0.1, 0.15) is 99.8 Å². The third-order valence-electron chi connectivity index (χ3n) is 13.4. The molecule has 5 rings (SSSR count). The Bertz CT molecular complexity index is 1180. The van der Waals surface area contributed by atoms with E-state index in [4.69, 9.17) is 0 Å². The first-order valence-electron chi connectivity index (χ1n) is 15.0. The van der Waals surface area contributed by atoms with Crippen molar-refractivity contribution >= 4 is 17.5 Å². The second kappa shape index (κ2) is 8.73. The number of amides is 1. The lowest BCUT2D eigenvalue weighted by molar-refractivity contribution is -0.222. The summed E-state index contributed by atoms with van der Waals surface area (Å²) in [5.41, 5.74) is -1.22. The average molecular weight is 539 g/mol. The summed E-state index contributed by atoms with van der Waals surface area (Å²) in [6, 6.07) is 2.20. The van der Waals surface area contributed by atoms with Crippen LogP contribution in [0.15, 0.2) is 11.6 Å². The van der Waals surface area contributed by atoms with E-state index in [0.717, 1.165) is 44.9 Å². The Labute approximate surface area is 233 Å². The van der Waals surface area contributed by atoms with Crippen molar-refractivity contribution in [1.82, 2.24) is 5.32 Å². The number of carbonyl (C=O) groups is 3. The van der Waals surface area contributed by atoms with Gasteiger partial charge in [0.05, 0.1) is 5.57 Å². The van der Waals surface area contributed by atoms with Crippen LogP contribution in [-0.2, 0) is 14.4 Å². The van der Waals surface area contributed by atoms with Crippen LogP contribution in [0.5, 0.6) is 0 Å². The molecular formula is C33H47FN2O3. The third-order valence-corrected chi connectivity index (χ3v) is 13.4. The molecule has 5 aliphatic rings.